The van der Waals surface area contributed by atoms with E-state index in [0.29, 0.717) is 0 Å². The van der Waals surface area contributed by atoms with Crippen molar-refractivity contribution >= 4 is 110 Å². The summed E-state index contributed by atoms with van der Waals surface area (Å²) in [5.74, 6) is 0. The number of hydrogen-bond donors (Lipinski definition) is 0. The number of para-hydroxylation sites is 2. The normalized spacial score (nSPS) is 14.2. The van der Waals surface area contributed by atoms with Crippen LogP contribution in [0.3, 0.4) is 0 Å². The minimum absolute atomic E-state index is 0.103. The van der Waals surface area contributed by atoms with Crippen LogP contribution in [0.15, 0.2) is 158 Å². The van der Waals surface area contributed by atoms with Crippen LogP contribution in [0.2, 0.25) is 0 Å². The summed E-state index contributed by atoms with van der Waals surface area (Å²) in [5.41, 5.74) is 26.0. The molecule has 4 nitrogen and oxygen atoms in total. The number of benzene rings is 9. The van der Waals surface area contributed by atoms with Crippen LogP contribution >= 0.6 is 0 Å². The molecule has 4 heteroatoms. The molecule has 0 unspecified atom stereocenters. The largest absolute Gasteiger partial charge is 0.310 e. The van der Waals surface area contributed by atoms with Crippen LogP contribution in [0.5, 0.6) is 0 Å². The van der Waals surface area contributed by atoms with Crippen LogP contribution < -0.4 is 9.80 Å². The highest BCUT2D eigenvalue weighted by Crippen LogP contribution is 2.53. The van der Waals surface area contributed by atoms with Crippen LogP contribution in [0.1, 0.15) is 98.9 Å². The maximum absolute atomic E-state index is 2.67. The number of hydrogen-bond acceptors (Lipinski definition) is 2. The minimum Gasteiger partial charge on any atom is -0.310 e. The lowest BCUT2D eigenvalue weighted by Crippen LogP contribution is -2.12. The zero-order valence-corrected chi connectivity index (χ0v) is 44.0. The van der Waals surface area contributed by atoms with Gasteiger partial charge in [-0.1, -0.05) is 126 Å². The molecule has 0 N–H and O–H groups in total. The molecule has 0 saturated carbocycles. The smallest absolute Gasteiger partial charge is 0.0641 e. The maximum atomic E-state index is 2.67. The van der Waals surface area contributed by atoms with E-state index in [1.807, 2.05) is 0 Å². The summed E-state index contributed by atoms with van der Waals surface area (Å²) >= 11 is 0. The fourth-order valence-electron chi connectivity index (χ4n) is 14.0. The van der Waals surface area contributed by atoms with Gasteiger partial charge in [-0.05, 0) is 181 Å². The Balaban J connectivity index is 1.07. The predicted molar refractivity (Wildman–Crippen MR) is 316 cm³/mol. The van der Waals surface area contributed by atoms with E-state index in [0.717, 1.165) is 12.8 Å². The lowest BCUT2D eigenvalue weighted by molar-refractivity contribution is 0.594. The van der Waals surface area contributed by atoms with Crippen molar-refractivity contribution in [3.8, 4) is 0 Å². The van der Waals surface area contributed by atoms with E-state index in [1.165, 1.54) is 181 Å². The zero-order valence-electron chi connectivity index (χ0n) is 44.0. The zero-order chi connectivity index (χ0) is 50.1. The molecule has 0 fully saturated rings. The molecule has 15 rings (SSSR count). The summed E-state index contributed by atoms with van der Waals surface area (Å²) in [4.78, 5) is 5.10. The van der Waals surface area contributed by atoms with Crippen molar-refractivity contribution in [3.05, 3.63) is 202 Å². The summed E-state index contributed by atoms with van der Waals surface area (Å²) in [6, 6.07) is 61.7. The van der Waals surface area contributed by atoms with E-state index in [2.05, 4.69) is 232 Å². The van der Waals surface area contributed by atoms with Crippen molar-refractivity contribution in [2.45, 2.75) is 105 Å². The van der Waals surface area contributed by atoms with Gasteiger partial charge in [0.2, 0.25) is 0 Å². The predicted octanol–water partition coefficient (Wildman–Crippen LogP) is 19.1. The van der Waals surface area contributed by atoms with Crippen LogP contribution in [-0.2, 0) is 36.5 Å². The fraction of sp³-hybridized carbons (Fsp3) is 0.229. The molecule has 0 amide bonds. The molecule has 4 heterocycles. The second-order valence-corrected chi connectivity index (χ2v) is 24.1. The fourth-order valence-corrected chi connectivity index (χ4v) is 14.0. The van der Waals surface area contributed by atoms with Crippen molar-refractivity contribution in [1.82, 2.24) is 8.80 Å². The number of rotatable bonds is 6. The lowest BCUT2D eigenvalue weighted by Gasteiger charge is -2.27. The van der Waals surface area contributed by atoms with Gasteiger partial charge in [0, 0.05) is 65.8 Å². The molecule has 0 aliphatic heterocycles. The molecule has 2 aliphatic rings. The molecular weight excluding hydrogens is 897 g/mol. The van der Waals surface area contributed by atoms with Gasteiger partial charge in [-0.2, -0.15) is 0 Å². The number of anilines is 6. The third kappa shape index (κ3) is 6.15. The molecule has 0 bridgehead atoms. The first kappa shape index (κ1) is 43.7. The topological polar surface area (TPSA) is 15.3 Å². The van der Waals surface area contributed by atoms with Crippen LogP contribution in [0, 0.1) is 13.8 Å². The highest BCUT2D eigenvalue weighted by molar-refractivity contribution is 6.32. The van der Waals surface area contributed by atoms with Gasteiger partial charge in [-0.15, -0.1) is 0 Å². The molecule has 2 aliphatic carbocycles. The maximum Gasteiger partial charge on any atom is 0.0641 e. The Morgan fingerprint density at radius 3 is 1.18 bits per heavy atom. The molecule has 362 valence electrons. The van der Waals surface area contributed by atoms with E-state index in [1.54, 1.807) is 0 Å². The Kier molecular flexibility index (Phi) is 9.08. The minimum atomic E-state index is -0.103. The number of fused-ring (bicyclic) bond motifs is 14. The van der Waals surface area contributed by atoms with Gasteiger partial charge < -0.3 is 18.6 Å². The first-order chi connectivity index (χ1) is 35.8. The van der Waals surface area contributed by atoms with Gasteiger partial charge in [0.25, 0.3) is 0 Å². The van der Waals surface area contributed by atoms with Gasteiger partial charge >= 0.3 is 0 Å². The molecule has 9 aromatic carbocycles. The lowest BCUT2D eigenvalue weighted by atomic mass is 9.85. The van der Waals surface area contributed by atoms with Gasteiger partial charge in [0.1, 0.15) is 0 Å². The standard InChI is InChI=1S/C70H62N4/c1-41-15-9-21-47(35-41)71(49-29-27-43-17-11-19-45(43)37-49)59-33-31-51-55-39-62-56(40-61(55)73-65-53(63(59)67(51)73)23-13-25-57(65)69(3,4)5)52-32-34-60(64-54-24-14-26-58(70(6,7)8)66(54)74(62)68(52)64)72(48-22-10-16-42(2)36-48)50-30-28-44-18-12-20-46(44)38-50/h9-10,13-16,21-40H,11-12,17-20H2,1-8H3. The number of nitrogens with zero attached hydrogens (tertiary/aromatic N) is 4. The SMILES string of the molecule is Cc1cccc(N(c2ccc3c(c2)CCC3)c2ccc3c4cc5c(cc4n4c6c(C(C)(C)C)cccc6c2c34)c2ccc(N(c3cccc(C)c3)c3ccc4c(c3)CCC4)c3c4cccc(C(C)(C)C)c4n5c23)c1. The third-order valence-electron chi connectivity index (χ3n) is 17.3. The van der Waals surface area contributed by atoms with Gasteiger partial charge in [-0.3, -0.25) is 0 Å². The van der Waals surface area contributed by atoms with Crippen LogP contribution in [0.4, 0.5) is 34.1 Å². The molecule has 0 spiro atoms. The van der Waals surface area contributed by atoms with E-state index in [-0.39, 0.29) is 10.8 Å². The number of aryl methyl sites for hydroxylation is 6. The quantitative estimate of drug-likeness (QED) is 0.165. The van der Waals surface area contributed by atoms with E-state index in [9.17, 15) is 0 Å². The molecule has 0 atom stereocenters. The second-order valence-electron chi connectivity index (χ2n) is 24.1. The second kappa shape index (κ2) is 15.4. The molecule has 13 aromatic rings. The van der Waals surface area contributed by atoms with E-state index >= 15 is 0 Å². The monoisotopic (exact) mass is 958 g/mol. The average molecular weight is 959 g/mol. The van der Waals surface area contributed by atoms with Crippen molar-refractivity contribution in [1.29, 1.82) is 0 Å². The Bertz CT molecular complexity index is 4200. The Labute approximate surface area is 433 Å². The summed E-state index contributed by atoms with van der Waals surface area (Å²) < 4.78 is 5.34. The summed E-state index contributed by atoms with van der Waals surface area (Å²) in [5, 5.41) is 10.4. The first-order valence-electron chi connectivity index (χ1n) is 27.2. The van der Waals surface area contributed by atoms with Crippen molar-refractivity contribution < 1.29 is 0 Å². The van der Waals surface area contributed by atoms with Crippen LogP contribution in [-0.4, -0.2) is 8.80 Å². The Morgan fingerprint density at radius 1 is 0.351 bits per heavy atom. The summed E-state index contributed by atoms with van der Waals surface area (Å²) in [6.07, 6.45) is 7.05. The Hall–Kier alpha value is -7.82. The highest BCUT2D eigenvalue weighted by atomic mass is 15.2. The van der Waals surface area contributed by atoms with Gasteiger partial charge in [-0.25, -0.2) is 0 Å². The van der Waals surface area contributed by atoms with Gasteiger partial charge in [0.15, 0.2) is 0 Å². The van der Waals surface area contributed by atoms with E-state index in [4.69, 9.17) is 0 Å². The molecule has 0 saturated heterocycles. The van der Waals surface area contributed by atoms with Crippen molar-refractivity contribution in [2.75, 3.05) is 9.80 Å². The molecule has 74 heavy (non-hydrogen) atoms. The van der Waals surface area contributed by atoms with Crippen molar-refractivity contribution in [2.24, 2.45) is 0 Å². The molecule has 0 radical (unpaired) electrons. The third-order valence-corrected chi connectivity index (χ3v) is 17.3. The highest BCUT2D eigenvalue weighted by Gasteiger charge is 2.32. The summed E-state index contributed by atoms with van der Waals surface area (Å²) in [7, 11) is 0. The molecule has 4 aromatic heterocycles. The van der Waals surface area contributed by atoms with E-state index < -0.39 is 0 Å². The average Bonchev–Trinajstić information content (AvgIpc) is 4.26. The number of aromatic nitrogens is 2. The van der Waals surface area contributed by atoms with Crippen molar-refractivity contribution in [3.63, 3.8) is 0 Å². The van der Waals surface area contributed by atoms with Gasteiger partial charge in [0.05, 0.1) is 44.5 Å². The van der Waals surface area contributed by atoms with Crippen LogP contribution in [0.25, 0.3) is 76.2 Å². The summed E-state index contributed by atoms with van der Waals surface area (Å²) in [6.45, 7) is 18.7. The molecular formula is C70H62N4. The first-order valence-corrected chi connectivity index (χ1v) is 27.2. The Morgan fingerprint density at radius 2 is 0.757 bits per heavy atom.